The average Bonchev–Trinajstić information content (AvgIpc) is 2.42. The Morgan fingerprint density at radius 3 is 2.69 bits per heavy atom. The van der Waals surface area contributed by atoms with Gasteiger partial charge in [-0.05, 0) is 24.6 Å². The first-order valence-corrected chi connectivity index (χ1v) is 6.28. The summed E-state index contributed by atoms with van der Waals surface area (Å²) in [6, 6.07) is 5.99. The van der Waals surface area contributed by atoms with Gasteiger partial charge in [0.15, 0.2) is 0 Å². The number of rotatable bonds is 1. The normalized spacial score (nSPS) is 24.8. The van der Waals surface area contributed by atoms with Crippen molar-refractivity contribution >= 4 is 18.8 Å². The van der Waals surface area contributed by atoms with Crippen LogP contribution in [0.1, 0.15) is 12.5 Å². The summed E-state index contributed by atoms with van der Waals surface area (Å²) in [5.41, 5.74) is 3.10. The van der Waals surface area contributed by atoms with Crippen LogP contribution in [-0.2, 0) is 4.57 Å². The van der Waals surface area contributed by atoms with E-state index in [1.165, 1.54) is 5.56 Å². The number of nitrogens with one attached hydrogen (secondary N) is 2. The number of aryl methyl sites for hydroxylation is 1. The van der Waals surface area contributed by atoms with Crippen molar-refractivity contribution in [3.63, 3.8) is 0 Å². The quantitative estimate of drug-likeness (QED) is 0.678. The summed E-state index contributed by atoms with van der Waals surface area (Å²) in [5, 5.41) is 6.08. The van der Waals surface area contributed by atoms with Crippen molar-refractivity contribution in [2.24, 2.45) is 0 Å². The highest BCUT2D eigenvalue weighted by molar-refractivity contribution is 7.67. The first-order chi connectivity index (χ1) is 6.13. The molecule has 0 unspecified atom stereocenters. The van der Waals surface area contributed by atoms with Crippen LogP contribution >= 0.6 is 7.44 Å². The molecule has 1 heterocycles. The number of fused-ring (bicyclic) bond motifs is 1. The van der Waals surface area contributed by atoms with Crippen LogP contribution in [-0.4, -0.2) is 6.16 Å². The second-order valence-corrected chi connectivity index (χ2v) is 5.89. The van der Waals surface area contributed by atoms with Gasteiger partial charge in [-0.2, -0.15) is 0 Å². The zero-order valence-electron chi connectivity index (χ0n) is 7.79. The van der Waals surface area contributed by atoms with E-state index in [0.717, 1.165) is 11.4 Å². The van der Waals surface area contributed by atoms with Gasteiger partial charge in [-0.3, -0.25) is 4.57 Å². The summed E-state index contributed by atoms with van der Waals surface area (Å²) >= 11 is 0. The molecule has 1 aliphatic heterocycles. The van der Waals surface area contributed by atoms with E-state index in [0.29, 0.717) is 6.16 Å². The van der Waals surface area contributed by atoms with Gasteiger partial charge in [0.05, 0.1) is 11.4 Å². The summed E-state index contributed by atoms with van der Waals surface area (Å²) in [5.74, 6) is 0. The lowest BCUT2D eigenvalue weighted by Crippen LogP contribution is -1.97. The molecule has 0 aromatic heterocycles. The van der Waals surface area contributed by atoms with Gasteiger partial charge in [0.2, 0.25) is 0 Å². The van der Waals surface area contributed by atoms with Crippen LogP contribution < -0.4 is 10.2 Å². The first kappa shape index (κ1) is 8.64. The molecule has 1 aromatic carbocycles. The van der Waals surface area contributed by atoms with Gasteiger partial charge in [-0.15, -0.1) is 0 Å². The van der Waals surface area contributed by atoms with Crippen molar-refractivity contribution in [3.05, 3.63) is 23.8 Å². The van der Waals surface area contributed by atoms with Crippen LogP contribution in [0.2, 0.25) is 0 Å². The summed E-state index contributed by atoms with van der Waals surface area (Å²) in [6.07, 6.45) is 0.626. The van der Waals surface area contributed by atoms with Crippen LogP contribution in [0.3, 0.4) is 0 Å². The maximum atomic E-state index is 11.9. The molecule has 0 saturated carbocycles. The van der Waals surface area contributed by atoms with Gasteiger partial charge in [0, 0.05) is 6.16 Å². The van der Waals surface area contributed by atoms with Gasteiger partial charge in [-0.25, -0.2) is 0 Å². The zero-order chi connectivity index (χ0) is 9.47. The average molecular weight is 196 g/mol. The molecule has 13 heavy (non-hydrogen) atoms. The highest BCUT2D eigenvalue weighted by atomic mass is 31.2. The van der Waals surface area contributed by atoms with Crippen LogP contribution in [0.25, 0.3) is 0 Å². The molecule has 2 rings (SSSR count). The molecule has 0 bridgehead atoms. The maximum Gasteiger partial charge on any atom is 0.257 e. The minimum Gasteiger partial charge on any atom is -0.319 e. The van der Waals surface area contributed by atoms with Gasteiger partial charge < -0.3 is 10.2 Å². The fourth-order valence-electron chi connectivity index (χ4n) is 1.42. The summed E-state index contributed by atoms with van der Waals surface area (Å²) in [7, 11) is -2.35. The van der Waals surface area contributed by atoms with Gasteiger partial charge in [0.1, 0.15) is 0 Å². The highest BCUT2D eigenvalue weighted by Gasteiger charge is 2.27. The molecular weight excluding hydrogens is 183 g/mol. The lowest BCUT2D eigenvalue weighted by Gasteiger charge is -2.08. The number of anilines is 2. The fraction of sp³-hybridized carbons (Fsp3) is 0.333. The molecule has 0 aliphatic carbocycles. The summed E-state index contributed by atoms with van der Waals surface area (Å²) < 4.78 is 11.9. The highest BCUT2D eigenvalue weighted by Crippen LogP contribution is 2.53. The molecule has 3 nitrogen and oxygen atoms in total. The van der Waals surface area contributed by atoms with Crippen LogP contribution in [0.5, 0.6) is 0 Å². The third-order valence-corrected chi connectivity index (χ3v) is 4.32. The van der Waals surface area contributed by atoms with Gasteiger partial charge >= 0.3 is 0 Å². The van der Waals surface area contributed by atoms with Gasteiger partial charge in [-0.1, -0.05) is 13.0 Å². The van der Waals surface area contributed by atoms with Crippen LogP contribution in [0.4, 0.5) is 11.4 Å². The topological polar surface area (TPSA) is 41.1 Å². The van der Waals surface area contributed by atoms with E-state index in [-0.39, 0.29) is 0 Å². The molecule has 0 fully saturated rings. The Morgan fingerprint density at radius 2 is 2.00 bits per heavy atom. The third kappa shape index (κ3) is 1.44. The first-order valence-electron chi connectivity index (χ1n) is 4.39. The molecule has 0 saturated heterocycles. The lowest BCUT2D eigenvalue weighted by molar-refractivity contribution is 0.583. The molecule has 1 atom stereocenters. The maximum absolute atomic E-state index is 11.9. The molecule has 2 N–H and O–H groups in total. The van der Waals surface area contributed by atoms with E-state index >= 15 is 0 Å². The van der Waals surface area contributed by atoms with Crippen molar-refractivity contribution in [1.29, 1.82) is 0 Å². The smallest absolute Gasteiger partial charge is 0.257 e. The fourth-order valence-corrected chi connectivity index (χ4v) is 2.95. The summed E-state index contributed by atoms with van der Waals surface area (Å²) in [4.78, 5) is 0. The minimum absolute atomic E-state index is 0.626. The Morgan fingerprint density at radius 1 is 1.31 bits per heavy atom. The Hall–Kier alpha value is -0.950. The Bertz CT molecular complexity index is 389. The second-order valence-electron chi connectivity index (χ2n) is 3.33. The number of hydrogen-bond acceptors (Lipinski definition) is 1. The molecule has 4 heteroatoms. The zero-order valence-corrected chi connectivity index (χ0v) is 8.69. The minimum atomic E-state index is -2.35. The van der Waals surface area contributed by atoms with Crippen molar-refractivity contribution in [1.82, 2.24) is 0 Å². The van der Waals surface area contributed by atoms with E-state index in [4.69, 9.17) is 0 Å². The molecule has 0 radical (unpaired) electrons. The molecule has 1 aliphatic rings. The SMILES string of the molecule is CC[P@@]1(=O)Nc2ccc(C)cc2N1. The second kappa shape index (κ2) is 2.78. The van der Waals surface area contributed by atoms with Crippen molar-refractivity contribution in [2.75, 3.05) is 16.3 Å². The molecular formula is C9H13N2OP. The largest absolute Gasteiger partial charge is 0.319 e. The molecule has 70 valence electrons. The van der Waals surface area contributed by atoms with E-state index < -0.39 is 7.44 Å². The third-order valence-electron chi connectivity index (χ3n) is 2.22. The lowest BCUT2D eigenvalue weighted by atomic mass is 10.2. The van der Waals surface area contributed by atoms with E-state index in [1.807, 2.05) is 32.0 Å². The molecule has 1 aromatic rings. The predicted octanol–water partition coefficient (Wildman–Crippen LogP) is 3.05. The van der Waals surface area contributed by atoms with E-state index in [9.17, 15) is 4.57 Å². The summed E-state index contributed by atoms with van der Waals surface area (Å²) in [6.45, 7) is 3.94. The number of hydrogen-bond donors (Lipinski definition) is 2. The van der Waals surface area contributed by atoms with Crippen LogP contribution in [0, 0.1) is 6.92 Å². The van der Waals surface area contributed by atoms with E-state index in [2.05, 4.69) is 10.2 Å². The standard InChI is InChI=1S/C9H13N2OP/c1-3-13(12)10-8-5-4-7(2)6-9(8)11-13/h4-6H,3H2,1-2H3,(H2,10,11,12)/t13-/m1/s1. The van der Waals surface area contributed by atoms with Crippen molar-refractivity contribution in [3.8, 4) is 0 Å². The predicted molar refractivity (Wildman–Crippen MR) is 56.6 cm³/mol. The van der Waals surface area contributed by atoms with Gasteiger partial charge in [0.25, 0.3) is 7.44 Å². The molecule has 0 amide bonds. The monoisotopic (exact) mass is 196 g/mol. The van der Waals surface area contributed by atoms with Crippen LogP contribution in [0.15, 0.2) is 18.2 Å². The van der Waals surface area contributed by atoms with Crippen molar-refractivity contribution < 1.29 is 4.57 Å². The molecule has 0 spiro atoms. The van der Waals surface area contributed by atoms with Crippen molar-refractivity contribution in [2.45, 2.75) is 13.8 Å². The van der Waals surface area contributed by atoms with E-state index in [1.54, 1.807) is 0 Å². The Labute approximate surface area is 78.0 Å². The Balaban J connectivity index is 2.41. The number of benzene rings is 1. The Kier molecular flexibility index (Phi) is 1.85.